The van der Waals surface area contributed by atoms with Crippen molar-refractivity contribution in [3.05, 3.63) is 106 Å². The molecule has 1 amide bonds. The third kappa shape index (κ3) is 3.64. The van der Waals surface area contributed by atoms with Crippen LogP contribution < -0.4 is 4.90 Å². The molecule has 2 aliphatic heterocycles. The Labute approximate surface area is 226 Å². The molecule has 190 valence electrons. The first-order valence-electron chi connectivity index (χ1n) is 11.5. The molecule has 1 saturated heterocycles. The largest absolute Gasteiger partial charge is 0.446 e. The van der Waals surface area contributed by atoms with Crippen LogP contribution in [0.5, 0.6) is 0 Å². The quantitative estimate of drug-likeness (QED) is 0.110. The molecule has 2 aromatic heterocycles. The lowest BCUT2D eigenvalue weighted by molar-refractivity contribution is -0.384. The second kappa shape index (κ2) is 8.93. The highest BCUT2D eigenvalue weighted by molar-refractivity contribution is 6.38. The second-order valence-corrected chi connectivity index (χ2v) is 9.72. The SMILES string of the molecule is CC1(N2N=C(c3ccncc3)OC2c2cc3ccccc3nc2Cl)C(Cl)C(=O)N1c1ccc([N+](=O)[O-])cc1. The lowest BCUT2D eigenvalue weighted by Gasteiger charge is -2.56. The number of aromatic nitrogens is 2. The molecule has 0 N–H and O–H groups in total. The van der Waals surface area contributed by atoms with Crippen molar-refractivity contribution in [3.63, 3.8) is 0 Å². The van der Waals surface area contributed by atoms with Gasteiger partial charge in [-0.1, -0.05) is 29.8 Å². The van der Waals surface area contributed by atoms with E-state index < -0.39 is 22.2 Å². The molecule has 0 bridgehead atoms. The zero-order valence-electron chi connectivity index (χ0n) is 19.7. The first kappa shape index (κ1) is 24.1. The molecule has 6 rings (SSSR count). The van der Waals surface area contributed by atoms with Crippen LogP contribution in [0.25, 0.3) is 10.9 Å². The van der Waals surface area contributed by atoms with Crippen LogP contribution in [0, 0.1) is 10.1 Å². The van der Waals surface area contributed by atoms with Crippen LogP contribution in [-0.2, 0) is 9.53 Å². The minimum absolute atomic E-state index is 0.0970. The molecule has 2 aliphatic rings. The average Bonchev–Trinajstić information content (AvgIpc) is 3.39. The lowest BCUT2D eigenvalue weighted by atomic mass is 9.91. The van der Waals surface area contributed by atoms with Crippen LogP contribution in [0.15, 0.2) is 84.2 Å². The summed E-state index contributed by atoms with van der Waals surface area (Å²) in [5.74, 6) is -0.0909. The maximum Gasteiger partial charge on any atom is 0.269 e. The minimum Gasteiger partial charge on any atom is -0.446 e. The number of halogens is 2. The maximum absolute atomic E-state index is 13.1. The predicted molar refractivity (Wildman–Crippen MR) is 142 cm³/mol. The molecule has 4 heterocycles. The molecule has 3 atom stereocenters. The van der Waals surface area contributed by atoms with Gasteiger partial charge in [0, 0.05) is 41.2 Å². The molecule has 10 nitrogen and oxygen atoms in total. The van der Waals surface area contributed by atoms with E-state index in [1.54, 1.807) is 36.5 Å². The molecule has 0 aliphatic carbocycles. The Kier molecular flexibility index (Phi) is 5.66. The normalized spacial score (nSPS) is 22.7. The molecule has 0 spiro atoms. The van der Waals surface area contributed by atoms with E-state index in [1.807, 2.05) is 30.3 Å². The zero-order chi connectivity index (χ0) is 26.6. The van der Waals surface area contributed by atoms with Crippen molar-refractivity contribution < 1.29 is 14.5 Å². The molecule has 4 aromatic rings. The van der Waals surface area contributed by atoms with Gasteiger partial charge >= 0.3 is 0 Å². The summed E-state index contributed by atoms with van der Waals surface area (Å²) in [4.78, 5) is 33.8. The fraction of sp³-hybridized carbons (Fsp3) is 0.154. The lowest BCUT2D eigenvalue weighted by Crippen LogP contribution is -2.77. The standard InChI is InChI=1S/C26H18Cl2N6O4/c1-26(21(27)24(35)32(26)17-6-8-18(9-7-17)34(36)37)33-25(38-23(31-33)15-10-12-29-13-11-15)19-14-16-4-2-3-5-20(16)30-22(19)28/h2-14,21,25H,1H3. The van der Waals surface area contributed by atoms with E-state index in [-0.39, 0.29) is 22.6 Å². The number of nitro groups is 1. The smallest absolute Gasteiger partial charge is 0.269 e. The Balaban J connectivity index is 1.48. The highest BCUT2D eigenvalue weighted by Crippen LogP contribution is 2.49. The molecule has 3 unspecified atom stereocenters. The maximum atomic E-state index is 13.1. The van der Waals surface area contributed by atoms with Gasteiger partial charge in [-0.05, 0) is 43.3 Å². The van der Waals surface area contributed by atoms with Crippen LogP contribution in [0.3, 0.4) is 0 Å². The summed E-state index contributed by atoms with van der Waals surface area (Å²) in [5, 5.41) is 17.6. The summed E-state index contributed by atoms with van der Waals surface area (Å²) in [5.41, 5.74) is 1.03. The van der Waals surface area contributed by atoms with Gasteiger partial charge in [0.15, 0.2) is 11.0 Å². The van der Waals surface area contributed by atoms with Crippen molar-refractivity contribution >= 4 is 57.3 Å². The molecule has 0 saturated carbocycles. The molecule has 1 fully saturated rings. The van der Waals surface area contributed by atoms with E-state index in [1.165, 1.54) is 29.2 Å². The number of fused-ring (bicyclic) bond motifs is 1. The number of para-hydroxylation sites is 1. The summed E-state index contributed by atoms with van der Waals surface area (Å²) in [7, 11) is 0. The number of benzene rings is 2. The number of alkyl halides is 1. The van der Waals surface area contributed by atoms with Crippen LogP contribution >= 0.6 is 23.2 Å². The van der Waals surface area contributed by atoms with Gasteiger partial charge in [-0.25, -0.2) is 9.99 Å². The predicted octanol–water partition coefficient (Wildman–Crippen LogP) is 5.25. The number of nitro benzene ring substituents is 1. The second-order valence-electron chi connectivity index (χ2n) is 8.92. The van der Waals surface area contributed by atoms with Gasteiger partial charge in [0.25, 0.3) is 11.6 Å². The van der Waals surface area contributed by atoms with Crippen molar-refractivity contribution in [2.45, 2.75) is 24.2 Å². The van der Waals surface area contributed by atoms with Gasteiger partial charge in [0.1, 0.15) is 5.15 Å². The van der Waals surface area contributed by atoms with Crippen LogP contribution in [0.4, 0.5) is 11.4 Å². The number of hydrogen-bond donors (Lipinski definition) is 0. The van der Waals surface area contributed by atoms with Crippen LogP contribution in [0.2, 0.25) is 5.15 Å². The Morgan fingerprint density at radius 1 is 1.08 bits per heavy atom. The number of hydrogen-bond acceptors (Lipinski definition) is 8. The number of carbonyl (C=O) groups is 1. The van der Waals surface area contributed by atoms with Gasteiger partial charge in [0.2, 0.25) is 12.1 Å². The molecular weight excluding hydrogens is 531 g/mol. The van der Waals surface area contributed by atoms with E-state index in [2.05, 4.69) is 9.97 Å². The van der Waals surface area contributed by atoms with Gasteiger partial charge in [-0.2, -0.15) is 0 Å². The number of non-ortho nitro benzene ring substituents is 1. The first-order valence-corrected chi connectivity index (χ1v) is 12.3. The Hall–Kier alpha value is -4.28. The van der Waals surface area contributed by atoms with E-state index in [4.69, 9.17) is 33.0 Å². The number of β-lactam (4-membered cyclic amide) rings is 1. The Morgan fingerprint density at radius 3 is 2.50 bits per heavy atom. The summed E-state index contributed by atoms with van der Waals surface area (Å²) in [6.07, 6.45) is 2.35. The average molecular weight is 549 g/mol. The molecule has 12 heteroatoms. The number of nitrogens with zero attached hydrogens (tertiary/aromatic N) is 6. The number of hydrazone groups is 1. The van der Waals surface area contributed by atoms with Gasteiger partial charge in [-0.3, -0.25) is 24.8 Å². The van der Waals surface area contributed by atoms with Gasteiger partial charge in [0.05, 0.1) is 16.0 Å². The number of rotatable bonds is 5. The van der Waals surface area contributed by atoms with Crippen molar-refractivity contribution in [1.29, 1.82) is 0 Å². The monoisotopic (exact) mass is 548 g/mol. The highest BCUT2D eigenvalue weighted by Gasteiger charge is 2.64. The van der Waals surface area contributed by atoms with Crippen molar-refractivity contribution in [2.24, 2.45) is 5.10 Å². The number of anilines is 1. The van der Waals surface area contributed by atoms with E-state index in [0.717, 1.165) is 5.39 Å². The number of amides is 1. The number of pyridine rings is 2. The van der Waals surface area contributed by atoms with Crippen LogP contribution in [0.1, 0.15) is 24.3 Å². The van der Waals surface area contributed by atoms with Crippen molar-refractivity contribution in [3.8, 4) is 0 Å². The molecular formula is C26H18Cl2N6O4. The zero-order valence-corrected chi connectivity index (χ0v) is 21.2. The first-order chi connectivity index (χ1) is 18.3. The Bertz CT molecular complexity index is 1620. The van der Waals surface area contributed by atoms with E-state index in [0.29, 0.717) is 22.3 Å². The summed E-state index contributed by atoms with van der Waals surface area (Å²) < 4.78 is 6.35. The topological polar surface area (TPSA) is 114 Å². The number of ether oxygens (including phenoxy) is 1. The minimum atomic E-state index is -1.22. The molecule has 38 heavy (non-hydrogen) atoms. The van der Waals surface area contributed by atoms with Crippen LogP contribution in [-0.4, -0.2) is 42.7 Å². The van der Waals surface area contributed by atoms with E-state index in [9.17, 15) is 14.9 Å². The van der Waals surface area contributed by atoms with Crippen molar-refractivity contribution in [2.75, 3.05) is 4.90 Å². The van der Waals surface area contributed by atoms with E-state index >= 15 is 0 Å². The fourth-order valence-corrected chi connectivity index (χ4v) is 5.25. The molecule has 2 aromatic carbocycles. The fourth-order valence-electron chi connectivity index (χ4n) is 4.71. The van der Waals surface area contributed by atoms with Gasteiger partial charge in [-0.15, -0.1) is 16.7 Å². The summed E-state index contributed by atoms with van der Waals surface area (Å²) >= 11 is 13.3. The Morgan fingerprint density at radius 2 is 1.79 bits per heavy atom. The highest BCUT2D eigenvalue weighted by atomic mass is 35.5. The van der Waals surface area contributed by atoms with Gasteiger partial charge < -0.3 is 4.74 Å². The third-order valence-corrected chi connectivity index (χ3v) is 7.60. The summed E-state index contributed by atoms with van der Waals surface area (Å²) in [6, 6.07) is 18.6. The van der Waals surface area contributed by atoms with Crippen molar-refractivity contribution in [1.82, 2.24) is 15.0 Å². The number of carbonyl (C=O) groups excluding carboxylic acids is 1. The third-order valence-electron chi connectivity index (χ3n) is 6.69. The summed E-state index contributed by atoms with van der Waals surface area (Å²) in [6.45, 7) is 1.76. The molecule has 0 radical (unpaired) electrons.